The Hall–Kier alpha value is -3.39. The molecule has 0 atom stereocenters. The molecule has 0 aliphatic carbocycles. The lowest BCUT2D eigenvalue weighted by molar-refractivity contribution is -0.142. The van der Waals surface area contributed by atoms with Gasteiger partial charge in [0, 0.05) is 33.8 Å². The van der Waals surface area contributed by atoms with Crippen LogP contribution in [-0.4, -0.2) is 41.9 Å². The van der Waals surface area contributed by atoms with Crippen molar-refractivity contribution in [3.8, 4) is 11.5 Å². The first-order chi connectivity index (χ1) is 15.9. The Morgan fingerprint density at radius 2 is 1.79 bits per heavy atom. The summed E-state index contributed by atoms with van der Waals surface area (Å²) in [7, 11) is 0. The van der Waals surface area contributed by atoms with Crippen LogP contribution in [0, 0.1) is 13.8 Å². The molecular weight excluding hydrogens is 442 g/mol. The fourth-order valence-corrected chi connectivity index (χ4v) is 4.45. The van der Waals surface area contributed by atoms with Crippen LogP contribution >= 0.6 is 11.3 Å². The standard InChI is InChI=1S/C25H25NO6S/c1-16-12-20(17(2)26(16)14-19-4-3-11-33-19)22(28)15-32-25(29)8-6-21(27)18-5-7-23-24(13-18)31-10-9-30-23/h3-5,7,11-13H,6,8-10,14-15H2,1-2H3. The number of hydrogen-bond donors (Lipinski definition) is 0. The van der Waals surface area contributed by atoms with Crippen LogP contribution in [0.5, 0.6) is 11.5 Å². The van der Waals surface area contributed by atoms with Crippen LogP contribution in [0.15, 0.2) is 41.8 Å². The molecule has 8 heteroatoms. The number of Topliss-reactive ketones (excluding diaryl/α,β-unsaturated/α-hetero) is 2. The lowest BCUT2D eigenvalue weighted by atomic mass is 10.1. The number of rotatable bonds is 9. The minimum absolute atomic E-state index is 0.0119. The molecule has 4 rings (SSSR count). The Morgan fingerprint density at radius 3 is 2.55 bits per heavy atom. The number of ether oxygens (including phenoxy) is 3. The van der Waals surface area contributed by atoms with Crippen molar-refractivity contribution in [2.24, 2.45) is 0 Å². The van der Waals surface area contributed by atoms with Crippen molar-refractivity contribution < 1.29 is 28.6 Å². The van der Waals surface area contributed by atoms with Crippen molar-refractivity contribution in [1.82, 2.24) is 4.57 Å². The summed E-state index contributed by atoms with van der Waals surface area (Å²) in [4.78, 5) is 38.4. The zero-order chi connectivity index (χ0) is 23.4. The number of esters is 1. The van der Waals surface area contributed by atoms with Crippen molar-refractivity contribution in [3.05, 3.63) is 69.2 Å². The predicted octanol–water partition coefficient (Wildman–Crippen LogP) is 4.37. The van der Waals surface area contributed by atoms with Gasteiger partial charge in [-0.25, -0.2) is 0 Å². The third kappa shape index (κ3) is 5.34. The van der Waals surface area contributed by atoms with Gasteiger partial charge in [-0.1, -0.05) is 6.07 Å². The van der Waals surface area contributed by atoms with Crippen molar-refractivity contribution in [1.29, 1.82) is 0 Å². The van der Waals surface area contributed by atoms with Gasteiger partial charge < -0.3 is 18.8 Å². The fraction of sp³-hybridized carbons (Fsp3) is 0.320. The van der Waals surface area contributed by atoms with Crippen LogP contribution < -0.4 is 9.47 Å². The summed E-state index contributed by atoms with van der Waals surface area (Å²) in [6.07, 6.45) is -0.111. The molecule has 0 saturated carbocycles. The molecule has 7 nitrogen and oxygen atoms in total. The molecule has 3 heterocycles. The van der Waals surface area contributed by atoms with Crippen molar-refractivity contribution in [3.63, 3.8) is 0 Å². The van der Waals surface area contributed by atoms with Crippen LogP contribution in [0.3, 0.4) is 0 Å². The molecule has 1 aliphatic rings. The van der Waals surface area contributed by atoms with E-state index in [4.69, 9.17) is 14.2 Å². The second-order valence-electron chi connectivity index (χ2n) is 7.82. The van der Waals surface area contributed by atoms with E-state index in [-0.39, 0.29) is 31.0 Å². The van der Waals surface area contributed by atoms with Crippen LogP contribution in [0.25, 0.3) is 0 Å². The Balaban J connectivity index is 1.28. The SMILES string of the molecule is Cc1cc(C(=O)COC(=O)CCC(=O)c2ccc3c(c2)OCCO3)c(C)n1Cc1cccs1. The Morgan fingerprint density at radius 1 is 1.00 bits per heavy atom. The van der Waals surface area contributed by atoms with Crippen molar-refractivity contribution in [2.75, 3.05) is 19.8 Å². The number of thiophene rings is 1. The summed E-state index contributed by atoms with van der Waals surface area (Å²) in [5, 5.41) is 2.02. The van der Waals surface area contributed by atoms with Crippen molar-refractivity contribution in [2.45, 2.75) is 33.2 Å². The molecule has 0 radical (unpaired) electrons. The van der Waals surface area contributed by atoms with Gasteiger partial charge in [-0.15, -0.1) is 11.3 Å². The van der Waals surface area contributed by atoms with E-state index in [1.807, 2.05) is 31.4 Å². The molecule has 0 N–H and O–H groups in total. The zero-order valence-corrected chi connectivity index (χ0v) is 19.4. The topological polar surface area (TPSA) is 83.8 Å². The smallest absolute Gasteiger partial charge is 0.306 e. The predicted molar refractivity (Wildman–Crippen MR) is 124 cm³/mol. The lowest BCUT2D eigenvalue weighted by Crippen LogP contribution is -2.17. The summed E-state index contributed by atoms with van der Waals surface area (Å²) in [5.74, 6) is 0.0866. The van der Waals surface area contributed by atoms with Gasteiger partial charge in [0.2, 0.25) is 5.78 Å². The van der Waals surface area contributed by atoms with Gasteiger partial charge in [-0.2, -0.15) is 0 Å². The second kappa shape index (κ2) is 10.0. The number of nitrogens with zero attached hydrogens (tertiary/aromatic N) is 1. The van der Waals surface area contributed by atoms with Gasteiger partial charge in [0.05, 0.1) is 13.0 Å². The number of aryl methyl sites for hydroxylation is 1. The van der Waals surface area contributed by atoms with E-state index >= 15 is 0 Å². The highest BCUT2D eigenvalue weighted by Crippen LogP contribution is 2.31. The Labute approximate surface area is 195 Å². The van der Waals surface area contributed by atoms with Crippen molar-refractivity contribution >= 4 is 28.9 Å². The summed E-state index contributed by atoms with van der Waals surface area (Å²) in [6, 6.07) is 10.8. The Kier molecular flexibility index (Phi) is 6.93. The highest BCUT2D eigenvalue weighted by molar-refractivity contribution is 7.09. The highest BCUT2D eigenvalue weighted by atomic mass is 32.1. The van der Waals surface area contributed by atoms with Gasteiger partial charge >= 0.3 is 5.97 Å². The molecular formula is C25H25NO6S. The van der Waals surface area contributed by atoms with E-state index in [9.17, 15) is 14.4 Å². The van der Waals surface area contributed by atoms with E-state index < -0.39 is 5.97 Å². The van der Waals surface area contributed by atoms with Gasteiger partial charge in [-0.05, 0) is 49.6 Å². The molecule has 172 valence electrons. The fourth-order valence-electron chi connectivity index (χ4n) is 3.76. The van der Waals surface area contributed by atoms with E-state index in [2.05, 4.69) is 10.6 Å². The molecule has 1 aliphatic heterocycles. The minimum atomic E-state index is -0.582. The summed E-state index contributed by atoms with van der Waals surface area (Å²) < 4.78 is 18.2. The number of benzene rings is 1. The maximum atomic E-state index is 12.7. The van der Waals surface area contributed by atoms with Gasteiger partial charge in [-0.3, -0.25) is 14.4 Å². The molecule has 0 saturated heterocycles. The molecule has 0 amide bonds. The van der Waals surface area contributed by atoms with Gasteiger partial charge in [0.15, 0.2) is 23.9 Å². The number of aromatic nitrogens is 1. The zero-order valence-electron chi connectivity index (χ0n) is 18.6. The first kappa shape index (κ1) is 22.8. The third-order valence-corrected chi connectivity index (χ3v) is 6.41. The van der Waals surface area contributed by atoms with E-state index in [1.54, 1.807) is 29.5 Å². The first-order valence-electron chi connectivity index (χ1n) is 10.7. The normalized spacial score (nSPS) is 12.4. The van der Waals surface area contributed by atoms with Crippen LogP contribution in [0.1, 0.15) is 49.8 Å². The average Bonchev–Trinajstić information content (AvgIpc) is 3.44. The van der Waals surface area contributed by atoms with E-state index in [0.29, 0.717) is 42.4 Å². The molecule has 33 heavy (non-hydrogen) atoms. The summed E-state index contributed by atoms with van der Waals surface area (Å²) in [5.41, 5.74) is 2.81. The summed E-state index contributed by atoms with van der Waals surface area (Å²) in [6.45, 7) is 5.10. The Bertz CT molecular complexity index is 1180. The summed E-state index contributed by atoms with van der Waals surface area (Å²) >= 11 is 1.66. The van der Waals surface area contributed by atoms with E-state index in [0.717, 1.165) is 11.4 Å². The minimum Gasteiger partial charge on any atom is -0.486 e. The number of fused-ring (bicyclic) bond motifs is 1. The molecule has 1 aromatic carbocycles. The largest absolute Gasteiger partial charge is 0.486 e. The van der Waals surface area contributed by atoms with Crippen LogP contribution in [0.2, 0.25) is 0 Å². The maximum absolute atomic E-state index is 12.7. The lowest BCUT2D eigenvalue weighted by Gasteiger charge is -2.18. The number of carbonyl (C=O) groups is 3. The molecule has 3 aromatic rings. The highest BCUT2D eigenvalue weighted by Gasteiger charge is 2.19. The second-order valence-corrected chi connectivity index (χ2v) is 8.85. The third-order valence-electron chi connectivity index (χ3n) is 5.55. The van der Waals surface area contributed by atoms with Gasteiger partial charge in [0.1, 0.15) is 13.2 Å². The molecule has 2 aromatic heterocycles. The van der Waals surface area contributed by atoms with Crippen LogP contribution in [-0.2, 0) is 16.1 Å². The maximum Gasteiger partial charge on any atom is 0.306 e. The van der Waals surface area contributed by atoms with Crippen LogP contribution in [0.4, 0.5) is 0 Å². The number of ketones is 2. The van der Waals surface area contributed by atoms with Gasteiger partial charge in [0.25, 0.3) is 0 Å². The monoisotopic (exact) mass is 467 g/mol. The molecule has 0 bridgehead atoms. The first-order valence-corrected chi connectivity index (χ1v) is 11.6. The molecule has 0 spiro atoms. The number of carbonyl (C=O) groups excluding carboxylic acids is 3. The number of hydrogen-bond acceptors (Lipinski definition) is 7. The quantitative estimate of drug-likeness (QED) is 0.343. The molecule has 0 unspecified atom stereocenters. The van der Waals surface area contributed by atoms with E-state index in [1.165, 1.54) is 4.88 Å². The average molecular weight is 468 g/mol. The molecule has 0 fully saturated rings.